The molecule has 1 N–H and O–H groups in total. The highest BCUT2D eigenvalue weighted by Gasteiger charge is 2.26. The molecular formula is C24H28N2O6S. The number of nitrogens with zero attached hydrogens (tertiary/aromatic N) is 1. The van der Waals surface area contributed by atoms with Gasteiger partial charge in [0.2, 0.25) is 21.7 Å². The first-order chi connectivity index (χ1) is 15.7. The van der Waals surface area contributed by atoms with Crippen molar-refractivity contribution in [2.75, 3.05) is 18.4 Å². The molecule has 1 atom stereocenters. The van der Waals surface area contributed by atoms with E-state index in [2.05, 4.69) is 5.32 Å². The molecule has 176 valence electrons. The monoisotopic (exact) mass is 472 g/mol. The average Bonchev–Trinajstić information content (AvgIpc) is 3.09. The summed E-state index contributed by atoms with van der Waals surface area (Å²) in [6, 6.07) is 11.8. The van der Waals surface area contributed by atoms with Gasteiger partial charge < -0.3 is 10.1 Å². The first-order valence-electron chi connectivity index (χ1n) is 10.9. The van der Waals surface area contributed by atoms with E-state index in [4.69, 9.17) is 4.74 Å². The molecule has 0 radical (unpaired) electrons. The summed E-state index contributed by atoms with van der Waals surface area (Å²) in [5.74, 6) is -1.33. The van der Waals surface area contributed by atoms with Crippen LogP contribution in [0.2, 0.25) is 0 Å². The maximum absolute atomic E-state index is 12.9. The summed E-state index contributed by atoms with van der Waals surface area (Å²) in [6.07, 6.45) is 2.68. The van der Waals surface area contributed by atoms with Crippen molar-refractivity contribution >= 4 is 33.4 Å². The standard InChI is InChI=1S/C24H28N2O6S/c1-17(23(28)19-7-11-21(12-8-19)25-18(2)27)32-24(29)20-9-13-22(14-10-20)33(30,31)26-15-5-3-4-6-16-26/h7-14,17H,3-6,15-16H2,1-2H3,(H,25,27). The molecular weight excluding hydrogens is 444 g/mol. The Morgan fingerprint density at radius 3 is 1.97 bits per heavy atom. The predicted octanol–water partition coefficient (Wildman–Crippen LogP) is 3.64. The van der Waals surface area contributed by atoms with E-state index >= 15 is 0 Å². The number of nitrogens with one attached hydrogen (secondary N) is 1. The number of rotatable bonds is 7. The fourth-order valence-corrected chi connectivity index (χ4v) is 5.15. The molecule has 0 aliphatic carbocycles. The lowest BCUT2D eigenvalue weighted by Crippen LogP contribution is -2.32. The van der Waals surface area contributed by atoms with E-state index < -0.39 is 27.9 Å². The SMILES string of the molecule is CC(=O)Nc1ccc(C(=O)C(C)OC(=O)c2ccc(S(=O)(=O)N3CCCCCC3)cc2)cc1. The van der Waals surface area contributed by atoms with E-state index in [-0.39, 0.29) is 16.4 Å². The zero-order valence-corrected chi connectivity index (χ0v) is 19.6. The molecule has 2 aromatic rings. The normalized spacial score (nSPS) is 15.8. The van der Waals surface area contributed by atoms with Crippen LogP contribution < -0.4 is 5.32 Å². The number of hydrogen-bond acceptors (Lipinski definition) is 6. The minimum atomic E-state index is -3.61. The minimum absolute atomic E-state index is 0.129. The molecule has 0 bridgehead atoms. The Balaban J connectivity index is 1.64. The summed E-state index contributed by atoms with van der Waals surface area (Å²) < 4.78 is 32.5. The van der Waals surface area contributed by atoms with Gasteiger partial charge in [0.15, 0.2) is 6.10 Å². The van der Waals surface area contributed by atoms with E-state index in [1.165, 1.54) is 42.4 Å². The molecule has 2 aromatic carbocycles. The topological polar surface area (TPSA) is 110 Å². The zero-order chi connectivity index (χ0) is 24.0. The number of benzene rings is 2. The number of anilines is 1. The first-order valence-corrected chi connectivity index (χ1v) is 12.4. The van der Waals surface area contributed by atoms with Crippen LogP contribution in [0.25, 0.3) is 0 Å². The van der Waals surface area contributed by atoms with Crippen molar-refractivity contribution in [1.29, 1.82) is 0 Å². The Hall–Kier alpha value is -3.04. The fraction of sp³-hybridized carbons (Fsp3) is 0.375. The highest BCUT2D eigenvalue weighted by molar-refractivity contribution is 7.89. The van der Waals surface area contributed by atoms with Crippen molar-refractivity contribution in [2.24, 2.45) is 0 Å². The summed E-state index contributed by atoms with van der Waals surface area (Å²) in [7, 11) is -3.61. The lowest BCUT2D eigenvalue weighted by molar-refractivity contribution is -0.114. The van der Waals surface area contributed by atoms with Gasteiger partial charge in [-0.25, -0.2) is 13.2 Å². The van der Waals surface area contributed by atoms with Crippen molar-refractivity contribution < 1.29 is 27.5 Å². The molecule has 0 spiro atoms. The molecule has 3 rings (SSSR count). The zero-order valence-electron chi connectivity index (χ0n) is 18.7. The summed E-state index contributed by atoms with van der Waals surface area (Å²) in [5.41, 5.74) is 1.05. The Kier molecular flexibility index (Phi) is 7.99. The molecule has 9 heteroatoms. The maximum atomic E-state index is 12.9. The fourth-order valence-electron chi connectivity index (χ4n) is 3.63. The molecule has 1 heterocycles. The minimum Gasteiger partial charge on any atom is -0.451 e. The second-order valence-electron chi connectivity index (χ2n) is 8.01. The van der Waals surface area contributed by atoms with Crippen molar-refractivity contribution in [3.05, 3.63) is 59.7 Å². The van der Waals surface area contributed by atoms with Gasteiger partial charge >= 0.3 is 5.97 Å². The molecule has 1 fully saturated rings. The lowest BCUT2D eigenvalue weighted by Gasteiger charge is -2.20. The van der Waals surface area contributed by atoms with Crippen LogP contribution in [0, 0.1) is 0 Å². The van der Waals surface area contributed by atoms with Gasteiger partial charge in [0.05, 0.1) is 10.5 Å². The predicted molar refractivity (Wildman–Crippen MR) is 124 cm³/mol. The number of ether oxygens (including phenoxy) is 1. The maximum Gasteiger partial charge on any atom is 0.338 e. The Bertz CT molecular complexity index is 1100. The van der Waals surface area contributed by atoms with E-state index in [0.29, 0.717) is 24.3 Å². The number of Topliss-reactive ketones (excluding diaryl/α,β-unsaturated/α-hetero) is 1. The molecule has 33 heavy (non-hydrogen) atoms. The van der Waals surface area contributed by atoms with E-state index in [1.54, 1.807) is 24.3 Å². The van der Waals surface area contributed by atoms with Gasteiger partial charge in [-0.2, -0.15) is 4.31 Å². The van der Waals surface area contributed by atoms with Crippen molar-refractivity contribution in [2.45, 2.75) is 50.5 Å². The third kappa shape index (κ3) is 6.27. The van der Waals surface area contributed by atoms with Gasteiger partial charge in [0.1, 0.15) is 0 Å². The summed E-state index contributed by atoms with van der Waals surface area (Å²) in [4.78, 5) is 36.3. The van der Waals surface area contributed by atoms with Crippen molar-refractivity contribution in [1.82, 2.24) is 4.31 Å². The van der Waals surface area contributed by atoms with Crippen LogP contribution in [0.5, 0.6) is 0 Å². The van der Waals surface area contributed by atoms with Gasteiger partial charge in [-0.05, 0) is 68.3 Å². The van der Waals surface area contributed by atoms with Gasteiger partial charge in [0.25, 0.3) is 0 Å². The second-order valence-corrected chi connectivity index (χ2v) is 9.95. The number of ketones is 1. The summed E-state index contributed by atoms with van der Waals surface area (Å²) >= 11 is 0. The second kappa shape index (κ2) is 10.7. The number of esters is 1. The van der Waals surface area contributed by atoms with Crippen LogP contribution in [0.15, 0.2) is 53.4 Å². The smallest absolute Gasteiger partial charge is 0.338 e. The van der Waals surface area contributed by atoms with Gasteiger partial charge in [-0.3, -0.25) is 9.59 Å². The van der Waals surface area contributed by atoms with Crippen LogP contribution in [-0.4, -0.2) is 49.6 Å². The molecule has 1 saturated heterocycles. The van der Waals surface area contributed by atoms with E-state index in [0.717, 1.165) is 25.7 Å². The van der Waals surface area contributed by atoms with Crippen molar-refractivity contribution in [3.8, 4) is 0 Å². The number of amides is 1. The van der Waals surface area contributed by atoms with E-state index in [1.807, 2.05) is 0 Å². The molecule has 1 unspecified atom stereocenters. The molecule has 1 aliphatic rings. The van der Waals surface area contributed by atoms with Crippen molar-refractivity contribution in [3.63, 3.8) is 0 Å². The molecule has 1 amide bonds. The van der Waals surface area contributed by atoms with Crippen LogP contribution in [-0.2, 0) is 19.6 Å². The van der Waals surface area contributed by atoms with Crippen LogP contribution in [0.1, 0.15) is 60.2 Å². The van der Waals surface area contributed by atoms with E-state index in [9.17, 15) is 22.8 Å². The summed E-state index contributed by atoms with van der Waals surface area (Å²) in [6.45, 7) is 3.85. The van der Waals surface area contributed by atoms with Gasteiger partial charge in [-0.15, -0.1) is 0 Å². The Morgan fingerprint density at radius 1 is 0.879 bits per heavy atom. The number of sulfonamides is 1. The number of carbonyl (C=O) groups is 3. The Morgan fingerprint density at radius 2 is 1.42 bits per heavy atom. The van der Waals surface area contributed by atoms with Gasteiger partial charge in [-0.1, -0.05) is 12.8 Å². The number of hydrogen-bond donors (Lipinski definition) is 1. The first kappa shape index (κ1) is 24.6. The van der Waals surface area contributed by atoms with Crippen LogP contribution in [0.4, 0.5) is 5.69 Å². The lowest BCUT2D eigenvalue weighted by atomic mass is 10.1. The largest absolute Gasteiger partial charge is 0.451 e. The average molecular weight is 473 g/mol. The highest BCUT2D eigenvalue weighted by Crippen LogP contribution is 2.21. The summed E-state index contributed by atoms with van der Waals surface area (Å²) in [5, 5.41) is 2.61. The quantitative estimate of drug-likeness (QED) is 0.487. The van der Waals surface area contributed by atoms with Gasteiger partial charge in [0, 0.05) is 31.3 Å². The molecule has 8 nitrogen and oxygen atoms in total. The number of carbonyl (C=O) groups excluding carboxylic acids is 3. The van der Waals surface area contributed by atoms with Crippen LogP contribution in [0.3, 0.4) is 0 Å². The highest BCUT2D eigenvalue weighted by atomic mass is 32.2. The Labute approximate surface area is 194 Å². The molecule has 1 aliphatic heterocycles. The van der Waals surface area contributed by atoms with Crippen LogP contribution >= 0.6 is 0 Å². The molecule has 0 saturated carbocycles. The molecule has 0 aromatic heterocycles. The third-order valence-electron chi connectivity index (χ3n) is 5.44. The third-order valence-corrected chi connectivity index (χ3v) is 7.35.